The SMILES string of the molecule is CN1CCCC1C(=O)Nc1ccc(N2CCCC2)cc1. The van der Waals surface area contributed by atoms with Gasteiger partial charge in [0.05, 0.1) is 6.04 Å². The molecule has 0 aliphatic carbocycles. The van der Waals surface area contributed by atoms with Crippen molar-refractivity contribution in [3.63, 3.8) is 0 Å². The van der Waals surface area contributed by atoms with E-state index in [0.29, 0.717) is 0 Å². The van der Waals surface area contributed by atoms with Gasteiger partial charge in [-0.1, -0.05) is 0 Å². The van der Waals surface area contributed by atoms with E-state index in [1.54, 1.807) is 0 Å². The van der Waals surface area contributed by atoms with Gasteiger partial charge < -0.3 is 10.2 Å². The second-order valence-electron chi connectivity index (χ2n) is 5.87. The largest absolute Gasteiger partial charge is 0.372 e. The van der Waals surface area contributed by atoms with Gasteiger partial charge in [-0.05, 0) is 63.5 Å². The van der Waals surface area contributed by atoms with Crippen LogP contribution in [0.3, 0.4) is 0 Å². The average Bonchev–Trinajstić information content (AvgIpc) is 3.10. The molecule has 1 aromatic rings. The number of carbonyl (C=O) groups excluding carboxylic acids is 1. The van der Waals surface area contributed by atoms with Crippen LogP contribution in [0.25, 0.3) is 0 Å². The molecule has 2 aliphatic heterocycles. The average molecular weight is 273 g/mol. The van der Waals surface area contributed by atoms with Crippen LogP contribution in [0.2, 0.25) is 0 Å². The summed E-state index contributed by atoms with van der Waals surface area (Å²) in [5.41, 5.74) is 2.16. The van der Waals surface area contributed by atoms with Crippen molar-refractivity contribution in [1.82, 2.24) is 4.90 Å². The molecule has 0 aromatic heterocycles. The van der Waals surface area contributed by atoms with E-state index in [2.05, 4.69) is 27.2 Å². The predicted octanol–water partition coefficient (Wildman–Crippen LogP) is 2.32. The van der Waals surface area contributed by atoms with Gasteiger partial charge in [0, 0.05) is 24.5 Å². The zero-order valence-corrected chi connectivity index (χ0v) is 12.1. The molecule has 1 N–H and O–H groups in total. The molecule has 2 fully saturated rings. The van der Waals surface area contributed by atoms with Crippen molar-refractivity contribution in [2.45, 2.75) is 31.7 Å². The summed E-state index contributed by atoms with van der Waals surface area (Å²) in [6.45, 7) is 3.32. The predicted molar refractivity (Wildman–Crippen MR) is 82.2 cm³/mol. The third kappa shape index (κ3) is 2.80. The van der Waals surface area contributed by atoms with Crippen molar-refractivity contribution in [1.29, 1.82) is 0 Å². The Morgan fingerprint density at radius 1 is 1.10 bits per heavy atom. The lowest BCUT2D eigenvalue weighted by Crippen LogP contribution is -2.37. The van der Waals surface area contributed by atoms with Gasteiger partial charge in [-0.15, -0.1) is 0 Å². The first kappa shape index (κ1) is 13.4. The molecular weight excluding hydrogens is 250 g/mol. The second-order valence-corrected chi connectivity index (χ2v) is 5.87. The van der Waals surface area contributed by atoms with Crippen molar-refractivity contribution in [2.24, 2.45) is 0 Å². The van der Waals surface area contributed by atoms with Crippen molar-refractivity contribution in [2.75, 3.05) is 36.9 Å². The Kier molecular flexibility index (Phi) is 3.92. The van der Waals surface area contributed by atoms with Gasteiger partial charge in [-0.3, -0.25) is 9.69 Å². The molecule has 4 nitrogen and oxygen atoms in total. The summed E-state index contributed by atoms with van der Waals surface area (Å²) in [4.78, 5) is 16.7. The normalized spacial score (nSPS) is 23.2. The summed E-state index contributed by atoms with van der Waals surface area (Å²) in [7, 11) is 2.02. The van der Waals surface area contributed by atoms with E-state index in [9.17, 15) is 4.79 Å². The molecule has 3 rings (SSSR count). The number of rotatable bonds is 3. The topological polar surface area (TPSA) is 35.6 Å². The summed E-state index contributed by atoms with van der Waals surface area (Å²) >= 11 is 0. The number of amides is 1. The quantitative estimate of drug-likeness (QED) is 0.918. The number of carbonyl (C=O) groups is 1. The molecule has 0 radical (unpaired) electrons. The highest BCUT2D eigenvalue weighted by atomic mass is 16.2. The summed E-state index contributed by atoms with van der Waals surface area (Å²) in [6, 6.07) is 8.29. The van der Waals surface area contributed by atoms with Crippen LogP contribution in [0.15, 0.2) is 24.3 Å². The van der Waals surface area contributed by atoms with Gasteiger partial charge in [-0.2, -0.15) is 0 Å². The van der Waals surface area contributed by atoms with E-state index in [-0.39, 0.29) is 11.9 Å². The van der Waals surface area contributed by atoms with Crippen molar-refractivity contribution in [3.05, 3.63) is 24.3 Å². The first-order chi connectivity index (χ1) is 9.74. The molecule has 2 saturated heterocycles. The van der Waals surface area contributed by atoms with Gasteiger partial charge in [0.15, 0.2) is 0 Å². The first-order valence-corrected chi connectivity index (χ1v) is 7.60. The zero-order chi connectivity index (χ0) is 13.9. The maximum absolute atomic E-state index is 12.2. The maximum Gasteiger partial charge on any atom is 0.241 e. The highest BCUT2D eigenvalue weighted by Gasteiger charge is 2.27. The van der Waals surface area contributed by atoms with Crippen LogP contribution in [-0.4, -0.2) is 43.5 Å². The second kappa shape index (κ2) is 5.83. The standard InChI is InChI=1S/C16H23N3O/c1-18-10-4-5-15(18)16(20)17-13-6-8-14(9-7-13)19-11-2-3-12-19/h6-9,15H,2-5,10-12H2,1H3,(H,17,20). The summed E-state index contributed by atoms with van der Waals surface area (Å²) in [5.74, 6) is 0.124. The van der Waals surface area contributed by atoms with Crippen LogP contribution in [0.4, 0.5) is 11.4 Å². The molecule has 1 aromatic carbocycles. The van der Waals surface area contributed by atoms with Gasteiger partial charge in [0.2, 0.25) is 5.91 Å². The van der Waals surface area contributed by atoms with Crippen molar-refractivity contribution in [3.8, 4) is 0 Å². The Bertz CT molecular complexity index is 465. The molecule has 0 spiro atoms. The fourth-order valence-electron chi connectivity index (χ4n) is 3.20. The monoisotopic (exact) mass is 273 g/mol. The Morgan fingerprint density at radius 3 is 2.40 bits per heavy atom. The van der Waals surface area contributed by atoms with E-state index in [1.807, 2.05) is 19.2 Å². The summed E-state index contributed by atoms with van der Waals surface area (Å²) < 4.78 is 0. The molecule has 1 unspecified atom stereocenters. The third-order valence-corrected chi connectivity index (χ3v) is 4.43. The Labute approximate surface area is 120 Å². The van der Waals surface area contributed by atoms with E-state index in [0.717, 1.165) is 38.2 Å². The summed E-state index contributed by atoms with van der Waals surface area (Å²) in [6.07, 6.45) is 4.65. The zero-order valence-electron chi connectivity index (χ0n) is 12.1. The number of likely N-dealkylation sites (tertiary alicyclic amines) is 1. The van der Waals surface area contributed by atoms with Crippen LogP contribution < -0.4 is 10.2 Å². The smallest absolute Gasteiger partial charge is 0.241 e. The molecule has 4 heteroatoms. The molecule has 0 bridgehead atoms. The van der Waals surface area contributed by atoms with E-state index < -0.39 is 0 Å². The van der Waals surface area contributed by atoms with Crippen molar-refractivity contribution < 1.29 is 4.79 Å². The van der Waals surface area contributed by atoms with Gasteiger partial charge in [0.1, 0.15) is 0 Å². The number of likely N-dealkylation sites (N-methyl/N-ethyl adjacent to an activating group) is 1. The number of hydrogen-bond donors (Lipinski definition) is 1. The highest BCUT2D eigenvalue weighted by molar-refractivity contribution is 5.95. The molecule has 2 heterocycles. The van der Waals surface area contributed by atoms with E-state index in [4.69, 9.17) is 0 Å². The number of anilines is 2. The van der Waals surface area contributed by atoms with E-state index in [1.165, 1.54) is 18.5 Å². The van der Waals surface area contributed by atoms with Crippen LogP contribution in [0.5, 0.6) is 0 Å². The van der Waals surface area contributed by atoms with Gasteiger partial charge in [-0.25, -0.2) is 0 Å². The Hall–Kier alpha value is -1.55. The summed E-state index contributed by atoms with van der Waals surface area (Å²) in [5, 5.41) is 3.03. The molecule has 108 valence electrons. The maximum atomic E-state index is 12.2. The lowest BCUT2D eigenvalue weighted by atomic mass is 10.2. The number of benzene rings is 1. The molecule has 20 heavy (non-hydrogen) atoms. The lowest BCUT2D eigenvalue weighted by molar-refractivity contribution is -0.119. The third-order valence-electron chi connectivity index (χ3n) is 4.43. The minimum absolute atomic E-state index is 0.0354. The molecule has 1 atom stereocenters. The van der Waals surface area contributed by atoms with Gasteiger partial charge in [0.25, 0.3) is 0 Å². The Balaban J connectivity index is 1.61. The van der Waals surface area contributed by atoms with Crippen LogP contribution in [0, 0.1) is 0 Å². The minimum Gasteiger partial charge on any atom is -0.372 e. The first-order valence-electron chi connectivity index (χ1n) is 7.60. The van der Waals surface area contributed by atoms with Gasteiger partial charge >= 0.3 is 0 Å². The molecular formula is C16H23N3O. The number of nitrogens with zero attached hydrogens (tertiary/aromatic N) is 2. The fraction of sp³-hybridized carbons (Fsp3) is 0.562. The highest BCUT2D eigenvalue weighted by Crippen LogP contribution is 2.23. The Morgan fingerprint density at radius 2 is 1.80 bits per heavy atom. The van der Waals surface area contributed by atoms with Crippen molar-refractivity contribution >= 4 is 17.3 Å². The number of nitrogens with one attached hydrogen (secondary N) is 1. The van der Waals surface area contributed by atoms with E-state index >= 15 is 0 Å². The van der Waals surface area contributed by atoms with Crippen LogP contribution in [-0.2, 0) is 4.79 Å². The fourth-order valence-corrected chi connectivity index (χ4v) is 3.20. The molecule has 2 aliphatic rings. The van der Waals surface area contributed by atoms with Crippen LogP contribution >= 0.6 is 0 Å². The van der Waals surface area contributed by atoms with Crippen LogP contribution in [0.1, 0.15) is 25.7 Å². The lowest BCUT2D eigenvalue weighted by Gasteiger charge is -2.20. The molecule has 0 saturated carbocycles. The minimum atomic E-state index is 0.0354. The molecule has 1 amide bonds. The number of hydrogen-bond acceptors (Lipinski definition) is 3.